The van der Waals surface area contributed by atoms with Crippen molar-refractivity contribution in [3.63, 3.8) is 0 Å². The second-order valence-corrected chi connectivity index (χ2v) is 8.95. The fraction of sp³-hybridized carbons (Fsp3) is 0.737. The van der Waals surface area contributed by atoms with E-state index in [4.69, 9.17) is 0 Å². The zero-order chi connectivity index (χ0) is 16.5. The van der Waals surface area contributed by atoms with Gasteiger partial charge in [0.2, 0.25) is 5.91 Å². The second kappa shape index (κ2) is 7.14. The number of aryl methyl sites for hydroxylation is 1. The molecule has 1 amide bonds. The average molecular weight is 348 g/mol. The third kappa shape index (κ3) is 3.39. The standard InChI is InChI=1S/C19H29N3OS/c1-15-4-5-16(24-15)14-21-11-8-18-17(21)6-7-19(23)22(18)13-12-20-9-2-3-10-20/h4-5,17-18H,2-3,6-14H2,1H3/t17-,18-/m0/s1. The normalized spacial score (nSPS) is 28.7. The molecule has 0 bridgehead atoms. The number of fused-ring (bicyclic) bond motifs is 1. The Morgan fingerprint density at radius 1 is 1.08 bits per heavy atom. The van der Waals surface area contributed by atoms with E-state index in [0.717, 1.165) is 45.4 Å². The van der Waals surface area contributed by atoms with Crippen LogP contribution in [0.5, 0.6) is 0 Å². The molecule has 0 spiro atoms. The average Bonchev–Trinajstić information content (AvgIpc) is 3.29. The molecule has 4 heterocycles. The Hall–Kier alpha value is -0.910. The molecule has 4 nitrogen and oxygen atoms in total. The molecule has 3 saturated heterocycles. The first-order chi connectivity index (χ1) is 11.7. The molecular formula is C19H29N3OS. The summed E-state index contributed by atoms with van der Waals surface area (Å²) in [6.07, 6.45) is 5.60. The number of amides is 1. The smallest absolute Gasteiger partial charge is 0.222 e. The zero-order valence-electron chi connectivity index (χ0n) is 14.7. The second-order valence-electron chi connectivity index (χ2n) is 7.58. The van der Waals surface area contributed by atoms with Crippen LogP contribution in [0, 0.1) is 6.92 Å². The molecule has 0 unspecified atom stereocenters. The van der Waals surface area contributed by atoms with Crippen LogP contribution >= 0.6 is 11.3 Å². The number of piperidine rings is 1. The van der Waals surface area contributed by atoms with Crippen LogP contribution < -0.4 is 0 Å². The summed E-state index contributed by atoms with van der Waals surface area (Å²) in [5, 5.41) is 0. The van der Waals surface area contributed by atoms with Crippen molar-refractivity contribution in [2.75, 3.05) is 32.7 Å². The van der Waals surface area contributed by atoms with Crippen molar-refractivity contribution in [2.45, 2.75) is 57.7 Å². The first-order valence-electron chi connectivity index (χ1n) is 9.52. The van der Waals surface area contributed by atoms with Crippen LogP contribution in [-0.2, 0) is 11.3 Å². The number of hydrogen-bond donors (Lipinski definition) is 0. The largest absolute Gasteiger partial charge is 0.337 e. The van der Waals surface area contributed by atoms with E-state index in [0.29, 0.717) is 18.0 Å². The molecule has 0 N–H and O–H groups in total. The van der Waals surface area contributed by atoms with Gasteiger partial charge in [-0.3, -0.25) is 9.69 Å². The molecule has 3 aliphatic heterocycles. The predicted octanol–water partition coefficient (Wildman–Crippen LogP) is 2.72. The minimum Gasteiger partial charge on any atom is -0.337 e. The SMILES string of the molecule is Cc1ccc(CN2CC[C@H]3[C@@H]2CCC(=O)N3CCN2CCCC2)s1. The van der Waals surface area contributed by atoms with E-state index in [2.05, 4.69) is 33.8 Å². The summed E-state index contributed by atoms with van der Waals surface area (Å²) >= 11 is 1.91. The minimum absolute atomic E-state index is 0.393. The maximum absolute atomic E-state index is 12.5. The van der Waals surface area contributed by atoms with Crippen molar-refractivity contribution in [3.8, 4) is 0 Å². The molecule has 5 heteroatoms. The van der Waals surface area contributed by atoms with Gasteiger partial charge >= 0.3 is 0 Å². The Morgan fingerprint density at radius 3 is 2.67 bits per heavy atom. The molecule has 0 aliphatic carbocycles. The Kier molecular flexibility index (Phi) is 4.93. The van der Waals surface area contributed by atoms with Crippen LogP contribution in [0.2, 0.25) is 0 Å². The van der Waals surface area contributed by atoms with Gasteiger partial charge in [0.15, 0.2) is 0 Å². The third-order valence-corrected chi connectivity index (χ3v) is 7.00. The van der Waals surface area contributed by atoms with Crippen molar-refractivity contribution >= 4 is 17.2 Å². The molecule has 0 radical (unpaired) electrons. The molecule has 24 heavy (non-hydrogen) atoms. The third-order valence-electron chi connectivity index (χ3n) is 6.01. The number of likely N-dealkylation sites (tertiary alicyclic amines) is 3. The molecule has 0 saturated carbocycles. The highest BCUT2D eigenvalue weighted by Crippen LogP contribution is 2.33. The maximum Gasteiger partial charge on any atom is 0.222 e. The van der Waals surface area contributed by atoms with Gasteiger partial charge in [0, 0.05) is 54.4 Å². The monoisotopic (exact) mass is 347 g/mol. The fourth-order valence-electron chi connectivity index (χ4n) is 4.75. The van der Waals surface area contributed by atoms with Crippen molar-refractivity contribution in [2.24, 2.45) is 0 Å². The van der Waals surface area contributed by atoms with Crippen molar-refractivity contribution < 1.29 is 4.79 Å². The first-order valence-corrected chi connectivity index (χ1v) is 10.3. The molecule has 132 valence electrons. The van der Waals surface area contributed by atoms with Crippen LogP contribution in [0.15, 0.2) is 12.1 Å². The summed E-state index contributed by atoms with van der Waals surface area (Å²) in [7, 11) is 0. The summed E-state index contributed by atoms with van der Waals surface area (Å²) in [5.41, 5.74) is 0. The van der Waals surface area contributed by atoms with Crippen LogP contribution in [0.25, 0.3) is 0 Å². The van der Waals surface area contributed by atoms with Gasteiger partial charge < -0.3 is 9.80 Å². The molecule has 1 aromatic heterocycles. The number of rotatable bonds is 5. The highest BCUT2D eigenvalue weighted by molar-refractivity contribution is 7.11. The lowest BCUT2D eigenvalue weighted by atomic mass is 9.96. The van der Waals surface area contributed by atoms with E-state index in [1.165, 1.54) is 35.7 Å². The molecule has 1 aromatic rings. The highest BCUT2D eigenvalue weighted by atomic mass is 32.1. The van der Waals surface area contributed by atoms with Gasteiger partial charge in [0.1, 0.15) is 0 Å². The lowest BCUT2D eigenvalue weighted by Gasteiger charge is -2.40. The van der Waals surface area contributed by atoms with Crippen molar-refractivity contribution in [3.05, 3.63) is 21.9 Å². The predicted molar refractivity (Wildman–Crippen MR) is 98.3 cm³/mol. The lowest BCUT2D eigenvalue weighted by Crippen LogP contribution is -2.53. The molecule has 2 atom stereocenters. The van der Waals surface area contributed by atoms with Crippen molar-refractivity contribution in [1.82, 2.24) is 14.7 Å². The zero-order valence-corrected chi connectivity index (χ0v) is 15.6. The van der Waals surface area contributed by atoms with E-state index >= 15 is 0 Å². The Balaban J connectivity index is 1.38. The highest BCUT2D eigenvalue weighted by Gasteiger charge is 2.42. The van der Waals surface area contributed by atoms with E-state index in [1.54, 1.807) is 0 Å². The van der Waals surface area contributed by atoms with Crippen LogP contribution in [-0.4, -0.2) is 65.4 Å². The van der Waals surface area contributed by atoms with Crippen LogP contribution in [0.3, 0.4) is 0 Å². The number of hydrogen-bond acceptors (Lipinski definition) is 4. The van der Waals surface area contributed by atoms with Gasteiger partial charge in [0.25, 0.3) is 0 Å². The maximum atomic E-state index is 12.5. The van der Waals surface area contributed by atoms with Gasteiger partial charge in [-0.1, -0.05) is 0 Å². The van der Waals surface area contributed by atoms with E-state index < -0.39 is 0 Å². The first kappa shape index (κ1) is 16.6. The molecule has 4 rings (SSSR count). The molecule has 3 aliphatic rings. The van der Waals surface area contributed by atoms with Crippen LogP contribution in [0.4, 0.5) is 0 Å². The summed E-state index contributed by atoms with van der Waals surface area (Å²) in [5.74, 6) is 0.393. The van der Waals surface area contributed by atoms with Crippen molar-refractivity contribution in [1.29, 1.82) is 0 Å². The molecular weight excluding hydrogens is 318 g/mol. The summed E-state index contributed by atoms with van der Waals surface area (Å²) in [4.78, 5) is 22.7. The minimum atomic E-state index is 0.393. The van der Waals surface area contributed by atoms with E-state index in [9.17, 15) is 4.79 Å². The topological polar surface area (TPSA) is 26.8 Å². The number of thiophene rings is 1. The Bertz CT molecular complexity index is 581. The van der Waals surface area contributed by atoms with Gasteiger partial charge in [-0.05, 0) is 57.8 Å². The van der Waals surface area contributed by atoms with Gasteiger partial charge in [0.05, 0.1) is 0 Å². The fourth-order valence-corrected chi connectivity index (χ4v) is 5.67. The summed E-state index contributed by atoms with van der Waals surface area (Å²) in [6, 6.07) is 5.52. The number of carbonyl (C=O) groups excluding carboxylic acids is 1. The number of carbonyl (C=O) groups is 1. The Labute approximate surface area is 149 Å². The van der Waals surface area contributed by atoms with Gasteiger partial charge in [-0.2, -0.15) is 0 Å². The van der Waals surface area contributed by atoms with Crippen LogP contribution in [0.1, 0.15) is 41.9 Å². The Morgan fingerprint density at radius 2 is 1.92 bits per heavy atom. The molecule has 3 fully saturated rings. The van der Waals surface area contributed by atoms with Gasteiger partial charge in [-0.15, -0.1) is 11.3 Å². The van der Waals surface area contributed by atoms with E-state index in [-0.39, 0.29) is 0 Å². The number of nitrogens with zero attached hydrogens (tertiary/aromatic N) is 3. The lowest BCUT2D eigenvalue weighted by molar-refractivity contribution is -0.137. The summed E-state index contributed by atoms with van der Waals surface area (Å²) < 4.78 is 0. The molecule has 0 aromatic carbocycles. The van der Waals surface area contributed by atoms with Gasteiger partial charge in [-0.25, -0.2) is 0 Å². The quantitative estimate of drug-likeness (QED) is 0.819. The van der Waals surface area contributed by atoms with E-state index in [1.807, 2.05) is 11.3 Å². The summed E-state index contributed by atoms with van der Waals surface area (Å²) in [6.45, 7) is 8.83.